The van der Waals surface area contributed by atoms with Gasteiger partial charge in [-0.1, -0.05) is 6.08 Å². The first-order valence-electron chi connectivity index (χ1n) is 7.50. The molecule has 1 fully saturated rings. The minimum atomic E-state index is -0.123. The highest BCUT2D eigenvalue weighted by atomic mass is 16.1. The van der Waals surface area contributed by atoms with Gasteiger partial charge in [0.15, 0.2) is 0 Å². The molecule has 0 aliphatic carbocycles. The number of nitrogens with one attached hydrogen (secondary N) is 1. The van der Waals surface area contributed by atoms with Gasteiger partial charge in [-0.15, -0.1) is 0 Å². The number of rotatable bonds is 3. The fraction of sp³-hybridized carbons (Fsp3) is 0.294. The van der Waals surface area contributed by atoms with Gasteiger partial charge < -0.3 is 16.0 Å². The molecule has 22 heavy (non-hydrogen) atoms. The average Bonchev–Trinajstić information content (AvgIpc) is 2.93. The molecule has 1 saturated heterocycles. The Morgan fingerprint density at radius 2 is 2.32 bits per heavy atom. The van der Waals surface area contributed by atoms with E-state index in [4.69, 9.17) is 5.73 Å². The third-order valence-corrected chi connectivity index (χ3v) is 3.85. The Labute approximate surface area is 129 Å². The van der Waals surface area contributed by atoms with Crippen LogP contribution >= 0.6 is 0 Å². The first-order valence-corrected chi connectivity index (χ1v) is 7.50. The van der Waals surface area contributed by atoms with Crippen molar-refractivity contribution in [3.05, 3.63) is 42.6 Å². The number of fused-ring (bicyclic) bond motifs is 1. The van der Waals surface area contributed by atoms with Gasteiger partial charge in [0, 0.05) is 36.4 Å². The summed E-state index contributed by atoms with van der Waals surface area (Å²) in [4.78, 5) is 18.4. The lowest BCUT2D eigenvalue weighted by Gasteiger charge is -2.19. The molecule has 2 heterocycles. The molecule has 0 bridgehead atoms. The molecule has 2 aromatic rings. The van der Waals surface area contributed by atoms with Crippen molar-refractivity contribution in [1.29, 1.82) is 0 Å². The van der Waals surface area contributed by atoms with Crippen molar-refractivity contribution in [2.45, 2.75) is 19.4 Å². The van der Waals surface area contributed by atoms with E-state index < -0.39 is 0 Å². The molecular formula is C17H20N4O. The lowest BCUT2D eigenvalue weighted by atomic mass is 10.1. The standard InChI is InChI=1S/C17H20N4O/c1-2-3-16(22)20-14-4-5-15-12(10-14)6-8-19-17(15)21-9-7-13(18)11-21/h2-6,8,10,13H,7,9,11,18H2,1H3,(H,20,22)/b3-2+/t13-/m1/s1. The van der Waals surface area contributed by atoms with Gasteiger partial charge in [0.05, 0.1) is 0 Å². The fourth-order valence-corrected chi connectivity index (χ4v) is 2.81. The van der Waals surface area contributed by atoms with Crippen molar-refractivity contribution < 1.29 is 4.79 Å². The Kier molecular flexibility index (Phi) is 4.06. The predicted octanol–water partition coefficient (Wildman–Crippen LogP) is 2.29. The second kappa shape index (κ2) is 6.15. The minimum absolute atomic E-state index is 0.123. The molecule has 1 atom stereocenters. The van der Waals surface area contributed by atoms with E-state index in [1.165, 1.54) is 6.08 Å². The number of amides is 1. The van der Waals surface area contributed by atoms with Crippen LogP contribution in [-0.2, 0) is 4.79 Å². The summed E-state index contributed by atoms with van der Waals surface area (Å²) >= 11 is 0. The third kappa shape index (κ3) is 2.94. The van der Waals surface area contributed by atoms with Crippen LogP contribution in [0.3, 0.4) is 0 Å². The van der Waals surface area contributed by atoms with Crippen LogP contribution in [0, 0.1) is 0 Å². The van der Waals surface area contributed by atoms with Gasteiger partial charge in [0.1, 0.15) is 5.82 Å². The summed E-state index contributed by atoms with van der Waals surface area (Å²) in [5.41, 5.74) is 6.77. The highest BCUT2D eigenvalue weighted by Crippen LogP contribution is 2.28. The third-order valence-electron chi connectivity index (χ3n) is 3.85. The van der Waals surface area contributed by atoms with Crippen LogP contribution in [0.1, 0.15) is 13.3 Å². The van der Waals surface area contributed by atoms with E-state index in [0.717, 1.165) is 41.8 Å². The number of hydrogen-bond acceptors (Lipinski definition) is 4. The van der Waals surface area contributed by atoms with E-state index in [9.17, 15) is 4.79 Å². The summed E-state index contributed by atoms with van der Waals surface area (Å²) < 4.78 is 0. The molecule has 0 saturated carbocycles. The zero-order valence-electron chi connectivity index (χ0n) is 12.6. The van der Waals surface area contributed by atoms with Gasteiger partial charge in [0.25, 0.3) is 0 Å². The molecule has 114 valence electrons. The summed E-state index contributed by atoms with van der Waals surface area (Å²) in [6.07, 6.45) is 6.03. The van der Waals surface area contributed by atoms with Crippen molar-refractivity contribution in [3.8, 4) is 0 Å². The van der Waals surface area contributed by atoms with Crippen LogP contribution in [0.25, 0.3) is 10.8 Å². The maximum atomic E-state index is 11.6. The number of hydrogen-bond donors (Lipinski definition) is 2. The number of aromatic nitrogens is 1. The van der Waals surface area contributed by atoms with Gasteiger partial charge >= 0.3 is 0 Å². The van der Waals surface area contributed by atoms with Crippen LogP contribution in [0.5, 0.6) is 0 Å². The van der Waals surface area contributed by atoms with Gasteiger partial charge in [0.2, 0.25) is 5.91 Å². The Hall–Kier alpha value is -2.40. The molecule has 1 aromatic carbocycles. The summed E-state index contributed by atoms with van der Waals surface area (Å²) in [6, 6.07) is 8.06. The van der Waals surface area contributed by atoms with Gasteiger partial charge in [-0.05, 0) is 49.1 Å². The van der Waals surface area contributed by atoms with Crippen molar-refractivity contribution in [3.63, 3.8) is 0 Å². The Bertz CT molecular complexity index is 726. The quantitative estimate of drug-likeness (QED) is 0.853. The highest BCUT2D eigenvalue weighted by Gasteiger charge is 2.21. The zero-order chi connectivity index (χ0) is 15.5. The molecule has 3 rings (SSSR count). The molecule has 5 nitrogen and oxygen atoms in total. The molecule has 0 spiro atoms. The molecule has 3 N–H and O–H groups in total. The summed E-state index contributed by atoms with van der Waals surface area (Å²) in [5, 5.41) is 4.99. The fourth-order valence-electron chi connectivity index (χ4n) is 2.81. The SMILES string of the molecule is C/C=C/C(=O)Nc1ccc2c(N3CC[C@@H](N)C3)nccc2c1. The Morgan fingerprint density at radius 3 is 3.05 bits per heavy atom. The maximum Gasteiger partial charge on any atom is 0.248 e. The Balaban J connectivity index is 1.92. The molecule has 1 amide bonds. The monoisotopic (exact) mass is 296 g/mol. The second-order valence-corrected chi connectivity index (χ2v) is 5.55. The van der Waals surface area contributed by atoms with Crippen molar-refractivity contribution in [1.82, 2.24) is 4.98 Å². The molecule has 1 aromatic heterocycles. The van der Waals surface area contributed by atoms with E-state index >= 15 is 0 Å². The number of carbonyl (C=O) groups excluding carboxylic acids is 1. The molecule has 0 radical (unpaired) electrons. The Morgan fingerprint density at radius 1 is 1.45 bits per heavy atom. The van der Waals surface area contributed by atoms with Crippen LogP contribution < -0.4 is 16.0 Å². The van der Waals surface area contributed by atoms with E-state index in [2.05, 4.69) is 15.2 Å². The number of carbonyl (C=O) groups is 1. The molecular weight excluding hydrogens is 276 g/mol. The summed E-state index contributed by atoms with van der Waals surface area (Å²) in [6.45, 7) is 3.59. The van der Waals surface area contributed by atoms with E-state index in [1.54, 1.807) is 12.3 Å². The lowest BCUT2D eigenvalue weighted by Crippen LogP contribution is -2.26. The van der Waals surface area contributed by atoms with Crippen molar-refractivity contribution in [2.75, 3.05) is 23.3 Å². The molecule has 5 heteroatoms. The van der Waals surface area contributed by atoms with Crippen molar-refractivity contribution >= 4 is 28.2 Å². The number of nitrogens with two attached hydrogens (primary N) is 1. The summed E-state index contributed by atoms with van der Waals surface area (Å²) in [5.74, 6) is 0.846. The van der Waals surface area contributed by atoms with E-state index in [-0.39, 0.29) is 11.9 Å². The van der Waals surface area contributed by atoms with Crippen LogP contribution in [0.15, 0.2) is 42.6 Å². The maximum absolute atomic E-state index is 11.6. The molecule has 1 aliphatic heterocycles. The van der Waals surface area contributed by atoms with Crippen LogP contribution in [0.4, 0.5) is 11.5 Å². The van der Waals surface area contributed by atoms with Gasteiger partial charge in [-0.3, -0.25) is 4.79 Å². The molecule has 1 aliphatic rings. The zero-order valence-corrected chi connectivity index (χ0v) is 12.6. The number of allylic oxidation sites excluding steroid dienone is 1. The summed E-state index contributed by atoms with van der Waals surface area (Å²) in [7, 11) is 0. The normalized spacial score (nSPS) is 18.3. The second-order valence-electron chi connectivity index (χ2n) is 5.55. The average molecular weight is 296 g/mol. The van der Waals surface area contributed by atoms with Crippen molar-refractivity contribution in [2.24, 2.45) is 5.73 Å². The predicted molar refractivity (Wildman–Crippen MR) is 90.0 cm³/mol. The molecule has 0 unspecified atom stereocenters. The lowest BCUT2D eigenvalue weighted by molar-refractivity contribution is -0.111. The number of benzene rings is 1. The van der Waals surface area contributed by atoms with E-state index in [0.29, 0.717) is 0 Å². The first kappa shape index (κ1) is 14.5. The van der Waals surface area contributed by atoms with Crippen LogP contribution in [0.2, 0.25) is 0 Å². The number of anilines is 2. The van der Waals surface area contributed by atoms with Gasteiger partial charge in [-0.25, -0.2) is 4.98 Å². The smallest absolute Gasteiger partial charge is 0.248 e. The largest absolute Gasteiger partial charge is 0.354 e. The first-order chi connectivity index (χ1) is 10.7. The number of nitrogens with zero attached hydrogens (tertiary/aromatic N) is 2. The topological polar surface area (TPSA) is 71.2 Å². The van der Waals surface area contributed by atoms with Crippen LogP contribution in [-0.4, -0.2) is 30.0 Å². The minimum Gasteiger partial charge on any atom is -0.354 e. The highest BCUT2D eigenvalue weighted by molar-refractivity contribution is 6.02. The van der Waals surface area contributed by atoms with E-state index in [1.807, 2.05) is 31.2 Å². The number of pyridine rings is 1. The van der Waals surface area contributed by atoms with Gasteiger partial charge in [-0.2, -0.15) is 0 Å².